The zero-order valence-electron chi connectivity index (χ0n) is 14.1. The number of ether oxygens (including phenoxy) is 1. The van der Waals surface area contributed by atoms with Gasteiger partial charge < -0.3 is 9.64 Å². The van der Waals surface area contributed by atoms with Gasteiger partial charge in [-0.3, -0.25) is 9.48 Å². The van der Waals surface area contributed by atoms with Crippen LogP contribution in [0.15, 0.2) is 36.4 Å². The molecule has 1 amide bonds. The fourth-order valence-electron chi connectivity index (χ4n) is 3.74. The molecule has 0 N–H and O–H groups in total. The smallest absolute Gasteiger partial charge is 0.272 e. The van der Waals surface area contributed by atoms with Crippen LogP contribution in [0.1, 0.15) is 41.9 Å². The van der Waals surface area contributed by atoms with Crippen LogP contribution < -0.4 is 4.74 Å². The lowest BCUT2D eigenvalue weighted by molar-refractivity contribution is 0.0385. The molecule has 1 aliphatic heterocycles. The average Bonchev–Trinajstić information content (AvgIpc) is 3.06. The first kappa shape index (κ1) is 16.1. The van der Waals surface area contributed by atoms with E-state index >= 15 is 0 Å². The zero-order chi connectivity index (χ0) is 17.2. The van der Waals surface area contributed by atoms with E-state index in [4.69, 9.17) is 4.74 Å². The molecule has 2 aliphatic rings. The van der Waals surface area contributed by atoms with Gasteiger partial charge in [0.25, 0.3) is 5.91 Å². The summed E-state index contributed by atoms with van der Waals surface area (Å²) in [6.45, 7) is 1.44. The van der Waals surface area contributed by atoms with Crippen LogP contribution >= 0.6 is 0 Å². The summed E-state index contributed by atoms with van der Waals surface area (Å²) in [5.74, 6) is 0.656. The number of para-hydroxylation sites is 1. The normalized spacial score (nSPS) is 23.4. The van der Waals surface area contributed by atoms with Gasteiger partial charge in [-0.25, -0.2) is 4.39 Å². The molecule has 1 aliphatic carbocycles. The van der Waals surface area contributed by atoms with Crippen LogP contribution in [0.3, 0.4) is 0 Å². The van der Waals surface area contributed by atoms with Crippen molar-refractivity contribution in [1.82, 2.24) is 14.7 Å². The second-order valence-corrected chi connectivity index (χ2v) is 6.71. The van der Waals surface area contributed by atoms with Gasteiger partial charge >= 0.3 is 0 Å². The third kappa shape index (κ3) is 3.25. The minimum absolute atomic E-state index is 0.112. The third-order valence-corrected chi connectivity index (χ3v) is 5.04. The van der Waals surface area contributed by atoms with Gasteiger partial charge in [-0.1, -0.05) is 31.0 Å². The van der Waals surface area contributed by atoms with Crippen molar-refractivity contribution in [1.29, 1.82) is 0 Å². The van der Waals surface area contributed by atoms with Gasteiger partial charge in [-0.2, -0.15) is 5.10 Å². The number of fused-ring (bicyclic) bond motifs is 1. The van der Waals surface area contributed by atoms with Gasteiger partial charge in [-0.05, 0) is 31.0 Å². The predicted molar refractivity (Wildman–Crippen MR) is 91.2 cm³/mol. The monoisotopic (exact) mass is 343 g/mol. The lowest BCUT2D eigenvalue weighted by atomic mass is 9.92. The minimum atomic E-state index is -0.909. The maximum Gasteiger partial charge on any atom is 0.272 e. The minimum Gasteiger partial charge on any atom is -0.487 e. The van der Waals surface area contributed by atoms with Crippen molar-refractivity contribution >= 4 is 5.91 Å². The van der Waals surface area contributed by atoms with Crippen molar-refractivity contribution in [2.45, 2.75) is 51.0 Å². The zero-order valence-corrected chi connectivity index (χ0v) is 14.1. The van der Waals surface area contributed by atoms with Crippen molar-refractivity contribution < 1.29 is 13.9 Å². The van der Waals surface area contributed by atoms with Crippen LogP contribution in [0.5, 0.6) is 5.75 Å². The predicted octanol–water partition coefficient (Wildman–Crippen LogP) is 3.20. The fraction of sp³-hybridized carbons (Fsp3) is 0.474. The molecular weight excluding hydrogens is 321 g/mol. The van der Waals surface area contributed by atoms with E-state index in [1.54, 1.807) is 15.6 Å². The third-order valence-electron chi connectivity index (χ3n) is 5.04. The molecule has 2 atom stereocenters. The fourth-order valence-corrected chi connectivity index (χ4v) is 3.74. The number of hydrogen-bond acceptors (Lipinski definition) is 3. The molecular formula is C19H22FN3O2. The Morgan fingerprint density at radius 2 is 1.96 bits per heavy atom. The van der Waals surface area contributed by atoms with Gasteiger partial charge in [0.05, 0.1) is 12.6 Å². The number of alkyl halides is 1. The molecule has 0 bridgehead atoms. The van der Waals surface area contributed by atoms with E-state index in [-0.39, 0.29) is 11.9 Å². The van der Waals surface area contributed by atoms with Gasteiger partial charge in [0.15, 0.2) is 0 Å². The SMILES string of the molecule is O=C1c2cc(COc3ccccc3)nn2CCN1C1CCCC[C@H]1F. The van der Waals surface area contributed by atoms with E-state index in [0.717, 1.165) is 30.7 Å². The molecule has 25 heavy (non-hydrogen) atoms. The van der Waals surface area contributed by atoms with Crippen LogP contribution in [0.25, 0.3) is 0 Å². The highest BCUT2D eigenvalue weighted by Crippen LogP contribution is 2.28. The van der Waals surface area contributed by atoms with E-state index < -0.39 is 6.17 Å². The molecule has 1 fully saturated rings. The molecule has 1 saturated carbocycles. The molecule has 4 rings (SSSR count). The molecule has 5 nitrogen and oxygen atoms in total. The number of carbonyl (C=O) groups is 1. The van der Waals surface area contributed by atoms with Gasteiger partial charge in [0, 0.05) is 6.54 Å². The summed E-state index contributed by atoms with van der Waals surface area (Å²) >= 11 is 0. The molecule has 1 aromatic heterocycles. The summed E-state index contributed by atoms with van der Waals surface area (Å²) in [7, 11) is 0. The molecule has 0 saturated heterocycles. The maximum absolute atomic E-state index is 14.3. The highest BCUT2D eigenvalue weighted by Gasteiger charge is 2.36. The molecule has 132 valence electrons. The van der Waals surface area contributed by atoms with Gasteiger partial charge in [0.2, 0.25) is 0 Å². The number of carbonyl (C=O) groups excluding carboxylic acids is 1. The topological polar surface area (TPSA) is 47.4 Å². The molecule has 1 unspecified atom stereocenters. The Kier molecular flexibility index (Phi) is 4.42. The van der Waals surface area contributed by atoms with Crippen molar-refractivity contribution in [3.8, 4) is 5.75 Å². The van der Waals surface area contributed by atoms with Crippen LogP contribution in [0, 0.1) is 0 Å². The Hall–Kier alpha value is -2.37. The summed E-state index contributed by atoms with van der Waals surface area (Å²) in [6.07, 6.45) is 2.31. The Morgan fingerprint density at radius 1 is 1.16 bits per heavy atom. The van der Waals surface area contributed by atoms with E-state index in [2.05, 4.69) is 5.10 Å². The summed E-state index contributed by atoms with van der Waals surface area (Å²) in [5.41, 5.74) is 1.25. The summed E-state index contributed by atoms with van der Waals surface area (Å²) in [6, 6.07) is 11.0. The van der Waals surface area contributed by atoms with Crippen molar-refractivity contribution in [2.75, 3.05) is 6.54 Å². The second kappa shape index (κ2) is 6.86. The van der Waals surface area contributed by atoms with E-state index in [1.165, 1.54) is 0 Å². The van der Waals surface area contributed by atoms with Gasteiger partial charge in [0.1, 0.15) is 29.9 Å². The quantitative estimate of drug-likeness (QED) is 0.856. The van der Waals surface area contributed by atoms with E-state index in [0.29, 0.717) is 31.8 Å². The summed E-state index contributed by atoms with van der Waals surface area (Å²) in [5, 5.41) is 4.47. The molecule has 2 aromatic rings. The Morgan fingerprint density at radius 3 is 2.76 bits per heavy atom. The highest BCUT2D eigenvalue weighted by molar-refractivity contribution is 5.93. The molecule has 2 heterocycles. The standard InChI is InChI=1S/C19H22FN3O2/c20-16-8-4-5-9-17(16)22-10-11-23-18(19(22)24)12-14(21-23)13-25-15-6-2-1-3-7-15/h1-3,6-7,12,16-17H,4-5,8-11,13H2/t16-,17?/m1/s1. The Balaban J connectivity index is 1.47. The molecule has 0 spiro atoms. The van der Waals surface area contributed by atoms with Gasteiger partial charge in [-0.15, -0.1) is 0 Å². The van der Waals surface area contributed by atoms with Crippen molar-refractivity contribution in [3.05, 3.63) is 47.8 Å². The van der Waals surface area contributed by atoms with Crippen LogP contribution in [-0.4, -0.2) is 39.3 Å². The van der Waals surface area contributed by atoms with Crippen molar-refractivity contribution in [3.63, 3.8) is 0 Å². The second-order valence-electron chi connectivity index (χ2n) is 6.71. The Bertz CT molecular complexity index is 746. The Labute approximate surface area is 146 Å². The van der Waals surface area contributed by atoms with Crippen molar-refractivity contribution in [2.24, 2.45) is 0 Å². The summed E-state index contributed by atoms with van der Waals surface area (Å²) < 4.78 is 21.7. The number of amides is 1. The maximum atomic E-state index is 14.3. The molecule has 6 heteroatoms. The number of aromatic nitrogens is 2. The largest absolute Gasteiger partial charge is 0.487 e. The van der Waals surface area contributed by atoms with Crippen LogP contribution in [0.4, 0.5) is 4.39 Å². The first-order valence-corrected chi connectivity index (χ1v) is 8.92. The average molecular weight is 343 g/mol. The number of rotatable bonds is 4. The lowest BCUT2D eigenvalue weighted by Crippen LogP contribution is -2.51. The van der Waals surface area contributed by atoms with Crippen LogP contribution in [0.2, 0.25) is 0 Å². The van der Waals surface area contributed by atoms with Crippen LogP contribution in [-0.2, 0) is 13.2 Å². The number of nitrogens with zero attached hydrogens (tertiary/aromatic N) is 3. The number of halogens is 1. The number of benzene rings is 1. The first-order valence-electron chi connectivity index (χ1n) is 8.92. The molecule has 1 aromatic carbocycles. The highest BCUT2D eigenvalue weighted by atomic mass is 19.1. The summed E-state index contributed by atoms with van der Waals surface area (Å²) in [4.78, 5) is 14.5. The van der Waals surface area contributed by atoms with E-state index in [9.17, 15) is 9.18 Å². The van der Waals surface area contributed by atoms with E-state index in [1.807, 2.05) is 30.3 Å². The molecule has 0 radical (unpaired) electrons. The lowest BCUT2D eigenvalue weighted by Gasteiger charge is -2.38. The first-order chi connectivity index (χ1) is 12.2. The number of hydrogen-bond donors (Lipinski definition) is 0.